The molecule has 4 nitrogen and oxygen atoms in total. The summed E-state index contributed by atoms with van der Waals surface area (Å²) < 4.78 is 5.01. The number of carbonyl (C=O) groups excluding carboxylic acids is 1. The van der Waals surface area contributed by atoms with Gasteiger partial charge in [0, 0.05) is 24.0 Å². The monoisotopic (exact) mass is 286 g/mol. The number of aryl methyl sites for hydroxylation is 1. The molecule has 88 valence electrons. The maximum atomic E-state index is 12.1. The molecule has 0 aliphatic carbocycles. The van der Waals surface area contributed by atoms with E-state index in [4.69, 9.17) is 4.52 Å². The normalized spacial score (nSPS) is 25.1. The van der Waals surface area contributed by atoms with Crippen LogP contribution in [0.15, 0.2) is 10.6 Å². The third-order valence-corrected chi connectivity index (χ3v) is 3.80. The summed E-state index contributed by atoms with van der Waals surface area (Å²) in [5.41, 5.74) is 0.742. The van der Waals surface area contributed by atoms with Gasteiger partial charge in [-0.15, -0.1) is 0 Å². The van der Waals surface area contributed by atoms with Gasteiger partial charge in [-0.05, 0) is 19.3 Å². The molecule has 1 saturated heterocycles. The molecule has 0 N–H and O–H groups in total. The summed E-state index contributed by atoms with van der Waals surface area (Å²) in [6.45, 7) is 4.79. The van der Waals surface area contributed by atoms with Gasteiger partial charge in [0.05, 0.1) is 5.69 Å². The third-order valence-electron chi connectivity index (χ3n) is 3.14. The number of rotatable bonds is 2. The van der Waals surface area contributed by atoms with Gasteiger partial charge in [-0.25, -0.2) is 0 Å². The fourth-order valence-electron chi connectivity index (χ4n) is 2.10. The highest BCUT2D eigenvalue weighted by atomic mass is 79.9. The minimum atomic E-state index is -0.0469. The molecule has 2 atom stereocenters. The molecule has 2 rings (SSSR count). The van der Waals surface area contributed by atoms with Gasteiger partial charge in [-0.1, -0.05) is 28.0 Å². The van der Waals surface area contributed by atoms with Crippen molar-refractivity contribution in [3.05, 3.63) is 17.5 Å². The van der Waals surface area contributed by atoms with Crippen molar-refractivity contribution in [3.8, 4) is 0 Å². The molecule has 1 aromatic rings. The first-order valence-corrected chi connectivity index (χ1v) is 6.56. The number of amides is 1. The fraction of sp³-hybridized carbons (Fsp3) is 0.636. The fourth-order valence-corrected chi connectivity index (χ4v) is 3.09. The Morgan fingerprint density at radius 2 is 2.50 bits per heavy atom. The molecule has 5 heteroatoms. The van der Waals surface area contributed by atoms with Crippen LogP contribution in [0, 0.1) is 12.8 Å². The van der Waals surface area contributed by atoms with Crippen molar-refractivity contribution in [1.29, 1.82) is 0 Å². The molecule has 1 fully saturated rings. The Kier molecular flexibility index (Phi) is 3.33. The number of hydrogen-bond donors (Lipinski definition) is 0. The highest BCUT2D eigenvalue weighted by molar-refractivity contribution is 9.09. The number of nitrogens with zero attached hydrogens (tertiary/aromatic N) is 2. The SMILES string of the molecule is Cc1cc(C(=O)N2CCC(C)C2CBr)on1. The van der Waals surface area contributed by atoms with E-state index in [1.54, 1.807) is 6.07 Å². The predicted molar refractivity (Wildman–Crippen MR) is 63.6 cm³/mol. The van der Waals surface area contributed by atoms with Crippen molar-refractivity contribution < 1.29 is 9.32 Å². The van der Waals surface area contributed by atoms with E-state index in [0.29, 0.717) is 11.7 Å². The van der Waals surface area contributed by atoms with Crippen molar-refractivity contribution in [1.82, 2.24) is 10.1 Å². The Morgan fingerprint density at radius 1 is 1.75 bits per heavy atom. The van der Waals surface area contributed by atoms with Gasteiger partial charge in [0.25, 0.3) is 5.91 Å². The van der Waals surface area contributed by atoms with Crippen LogP contribution in [0.4, 0.5) is 0 Å². The lowest BCUT2D eigenvalue weighted by Crippen LogP contribution is -2.38. The second-order valence-corrected chi connectivity index (χ2v) is 4.97. The summed E-state index contributed by atoms with van der Waals surface area (Å²) in [5, 5.41) is 4.56. The second-order valence-electron chi connectivity index (χ2n) is 4.32. The number of halogens is 1. The van der Waals surface area contributed by atoms with Crippen LogP contribution in [-0.2, 0) is 0 Å². The van der Waals surface area contributed by atoms with Gasteiger partial charge in [0.2, 0.25) is 5.76 Å². The smallest absolute Gasteiger partial charge is 0.292 e. The first-order chi connectivity index (χ1) is 7.63. The van der Waals surface area contributed by atoms with Crippen LogP contribution in [0.3, 0.4) is 0 Å². The Morgan fingerprint density at radius 3 is 3.06 bits per heavy atom. The Labute approximate surface area is 103 Å². The van der Waals surface area contributed by atoms with E-state index >= 15 is 0 Å². The van der Waals surface area contributed by atoms with Gasteiger partial charge < -0.3 is 9.42 Å². The predicted octanol–water partition coefficient (Wildman–Crippen LogP) is 2.23. The maximum Gasteiger partial charge on any atom is 0.292 e. The zero-order valence-electron chi connectivity index (χ0n) is 9.44. The molecule has 0 saturated carbocycles. The first-order valence-electron chi connectivity index (χ1n) is 5.43. The molecule has 0 radical (unpaired) electrons. The van der Waals surface area contributed by atoms with Crippen LogP contribution in [0.5, 0.6) is 0 Å². The molecular weight excluding hydrogens is 272 g/mol. The second kappa shape index (κ2) is 4.57. The van der Waals surface area contributed by atoms with Crippen LogP contribution in [-0.4, -0.2) is 33.9 Å². The molecule has 0 bridgehead atoms. The van der Waals surface area contributed by atoms with Crippen LogP contribution < -0.4 is 0 Å². The Balaban J connectivity index is 2.16. The van der Waals surface area contributed by atoms with Crippen LogP contribution in [0.2, 0.25) is 0 Å². The van der Waals surface area contributed by atoms with E-state index in [1.165, 1.54) is 0 Å². The first kappa shape index (κ1) is 11.6. The summed E-state index contributed by atoms with van der Waals surface area (Å²) in [6, 6.07) is 1.95. The van der Waals surface area contributed by atoms with Gasteiger partial charge in [-0.3, -0.25) is 4.79 Å². The zero-order valence-corrected chi connectivity index (χ0v) is 11.0. The quantitative estimate of drug-likeness (QED) is 0.784. The highest BCUT2D eigenvalue weighted by Gasteiger charge is 2.35. The number of hydrogen-bond acceptors (Lipinski definition) is 3. The van der Waals surface area contributed by atoms with Crippen LogP contribution in [0.1, 0.15) is 29.6 Å². The zero-order chi connectivity index (χ0) is 11.7. The molecule has 1 aliphatic heterocycles. The van der Waals surface area contributed by atoms with Crippen molar-refractivity contribution in [2.75, 3.05) is 11.9 Å². The van der Waals surface area contributed by atoms with Gasteiger partial charge in [0.1, 0.15) is 0 Å². The lowest BCUT2D eigenvalue weighted by molar-refractivity contribution is 0.0696. The number of alkyl halides is 1. The van der Waals surface area contributed by atoms with E-state index in [1.807, 2.05) is 11.8 Å². The Bertz CT molecular complexity index is 391. The molecular formula is C11H15BrN2O2. The summed E-state index contributed by atoms with van der Waals surface area (Å²) in [7, 11) is 0. The van der Waals surface area contributed by atoms with E-state index in [9.17, 15) is 4.79 Å². The average molecular weight is 287 g/mol. The molecule has 1 aromatic heterocycles. The van der Waals surface area contributed by atoms with Crippen molar-refractivity contribution in [3.63, 3.8) is 0 Å². The van der Waals surface area contributed by atoms with E-state index in [0.717, 1.165) is 24.0 Å². The molecule has 2 unspecified atom stereocenters. The van der Waals surface area contributed by atoms with Gasteiger partial charge >= 0.3 is 0 Å². The van der Waals surface area contributed by atoms with Crippen molar-refractivity contribution >= 4 is 21.8 Å². The van der Waals surface area contributed by atoms with E-state index in [-0.39, 0.29) is 11.9 Å². The molecule has 2 heterocycles. The minimum Gasteiger partial charge on any atom is -0.351 e. The summed E-state index contributed by atoms with van der Waals surface area (Å²) in [5.74, 6) is 0.833. The highest BCUT2D eigenvalue weighted by Crippen LogP contribution is 2.27. The summed E-state index contributed by atoms with van der Waals surface area (Å²) in [4.78, 5) is 14.0. The van der Waals surface area contributed by atoms with E-state index < -0.39 is 0 Å². The molecule has 16 heavy (non-hydrogen) atoms. The number of likely N-dealkylation sites (tertiary alicyclic amines) is 1. The largest absolute Gasteiger partial charge is 0.351 e. The lowest BCUT2D eigenvalue weighted by atomic mass is 10.1. The molecule has 1 aliphatic rings. The molecule has 1 amide bonds. The molecule has 0 aromatic carbocycles. The van der Waals surface area contributed by atoms with Crippen molar-refractivity contribution in [2.24, 2.45) is 5.92 Å². The average Bonchev–Trinajstić information content (AvgIpc) is 2.83. The maximum absolute atomic E-state index is 12.1. The lowest BCUT2D eigenvalue weighted by Gasteiger charge is -2.23. The van der Waals surface area contributed by atoms with Crippen LogP contribution >= 0.6 is 15.9 Å². The third kappa shape index (κ3) is 2.00. The number of aromatic nitrogens is 1. The van der Waals surface area contributed by atoms with E-state index in [2.05, 4.69) is 28.0 Å². The van der Waals surface area contributed by atoms with Crippen molar-refractivity contribution in [2.45, 2.75) is 26.3 Å². The van der Waals surface area contributed by atoms with Gasteiger partial charge in [-0.2, -0.15) is 0 Å². The minimum absolute atomic E-state index is 0.0469. The Hall–Kier alpha value is -0.840. The number of carbonyl (C=O) groups is 1. The summed E-state index contributed by atoms with van der Waals surface area (Å²) >= 11 is 3.46. The van der Waals surface area contributed by atoms with Gasteiger partial charge in [0.15, 0.2) is 0 Å². The van der Waals surface area contributed by atoms with Crippen LogP contribution in [0.25, 0.3) is 0 Å². The summed E-state index contributed by atoms with van der Waals surface area (Å²) in [6.07, 6.45) is 1.05. The topological polar surface area (TPSA) is 46.3 Å². The standard InChI is InChI=1S/C11H15BrN2O2/c1-7-3-4-14(9(7)6-12)11(15)10-5-8(2)13-16-10/h5,7,9H,3-4,6H2,1-2H3. The molecule has 0 spiro atoms.